The highest BCUT2D eigenvalue weighted by Crippen LogP contribution is 2.15. The number of aromatic nitrogens is 3. The van der Waals surface area contributed by atoms with Gasteiger partial charge in [-0.05, 0) is 32.0 Å². The van der Waals surface area contributed by atoms with Crippen LogP contribution in [0.5, 0.6) is 5.75 Å². The molecule has 1 aromatic carbocycles. The van der Waals surface area contributed by atoms with Crippen molar-refractivity contribution in [2.75, 3.05) is 14.2 Å². The molecule has 0 fully saturated rings. The standard InChI is InChI=1S/C15H20N4O2/c1-11(2)19-10-16-17-14(19)9-18(3)15(20)12-6-5-7-13(8-12)21-4/h5-8,10-11H,9H2,1-4H3. The Bertz CT molecular complexity index is 622. The number of amides is 1. The molecule has 1 aromatic heterocycles. The van der Waals surface area contributed by atoms with Crippen LogP contribution in [0.2, 0.25) is 0 Å². The molecule has 0 N–H and O–H groups in total. The summed E-state index contributed by atoms with van der Waals surface area (Å²) in [5, 5.41) is 7.99. The molecule has 0 aliphatic heterocycles. The van der Waals surface area contributed by atoms with Crippen LogP contribution in [-0.4, -0.2) is 39.7 Å². The van der Waals surface area contributed by atoms with Crippen molar-refractivity contribution >= 4 is 5.91 Å². The number of rotatable bonds is 5. The highest BCUT2D eigenvalue weighted by atomic mass is 16.5. The number of hydrogen-bond donors (Lipinski definition) is 0. The predicted molar refractivity (Wildman–Crippen MR) is 79.2 cm³/mol. The minimum absolute atomic E-state index is 0.0767. The summed E-state index contributed by atoms with van der Waals surface area (Å²) >= 11 is 0. The molecule has 0 aliphatic carbocycles. The van der Waals surface area contributed by atoms with E-state index >= 15 is 0 Å². The average Bonchev–Trinajstić information content (AvgIpc) is 2.94. The summed E-state index contributed by atoms with van der Waals surface area (Å²) in [5.74, 6) is 1.36. The van der Waals surface area contributed by atoms with Gasteiger partial charge in [-0.3, -0.25) is 4.79 Å². The average molecular weight is 288 g/mol. The van der Waals surface area contributed by atoms with Crippen molar-refractivity contribution in [3.05, 3.63) is 42.0 Å². The van der Waals surface area contributed by atoms with E-state index in [-0.39, 0.29) is 11.9 Å². The van der Waals surface area contributed by atoms with E-state index in [2.05, 4.69) is 24.0 Å². The SMILES string of the molecule is COc1cccc(C(=O)N(C)Cc2nncn2C(C)C)c1. The highest BCUT2D eigenvalue weighted by Gasteiger charge is 2.16. The Morgan fingerprint density at radius 1 is 1.43 bits per heavy atom. The lowest BCUT2D eigenvalue weighted by Gasteiger charge is -2.18. The number of carbonyl (C=O) groups is 1. The first kappa shape index (κ1) is 15.0. The largest absolute Gasteiger partial charge is 0.497 e. The lowest BCUT2D eigenvalue weighted by molar-refractivity contribution is 0.0779. The molecule has 6 nitrogen and oxygen atoms in total. The molecule has 0 aliphatic rings. The Hall–Kier alpha value is -2.37. The molecule has 1 heterocycles. The Morgan fingerprint density at radius 3 is 2.86 bits per heavy atom. The van der Waals surface area contributed by atoms with Crippen molar-refractivity contribution in [2.24, 2.45) is 0 Å². The maximum Gasteiger partial charge on any atom is 0.254 e. The number of hydrogen-bond acceptors (Lipinski definition) is 4. The maximum absolute atomic E-state index is 12.4. The molecule has 2 rings (SSSR count). The van der Waals surface area contributed by atoms with Crippen molar-refractivity contribution < 1.29 is 9.53 Å². The predicted octanol–water partition coefficient (Wildman–Crippen LogP) is 2.14. The zero-order valence-corrected chi connectivity index (χ0v) is 12.8. The van der Waals surface area contributed by atoms with Crippen LogP contribution in [0.15, 0.2) is 30.6 Å². The molecule has 1 amide bonds. The van der Waals surface area contributed by atoms with Gasteiger partial charge in [-0.2, -0.15) is 0 Å². The molecule has 0 spiro atoms. The minimum Gasteiger partial charge on any atom is -0.497 e. The van der Waals surface area contributed by atoms with Crippen molar-refractivity contribution in [2.45, 2.75) is 26.4 Å². The third kappa shape index (κ3) is 3.39. The lowest BCUT2D eigenvalue weighted by atomic mass is 10.2. The van der Waals surface area contributed by atoms with E-state index in [9.17, 15) is 4.79 Å². The van der Waals surface area contributed by atoms with Gasteiger partial charge >= 0.3 is 0 Å². The first-order chi connectivity index (χ1) is 10.0. The van der Waals surface area contributed by atoms with Gasteiger partial charge in [-0.25, -0.2) is 0 Å². The van der Waals surface area contributed by atoms with Crippen molar-refractivity contribution in [3.63, 3.8) is 0 Å². The van der Waals surface area contributed by atoms with Crippen molar-refractivity contribution in [1.82, 2.24) is 19.7 Å². The monoisotopic (exact) mass is 288 g/mol. The zero-order chi connectivity index (χ0) is 15.4. The van der Waals surface area contributed by atoms with E-state index in [4.69, 9.17) is 4.74 Å². The Morgan fingerprint density at radius 2 is 2.19 bits per heavy atom. The third-order valence-electron chi connectivity index (χ3n) is 3.25. The van der Waals surface area contributed by atoms with E-state index < -0.39 is 0 Å². The fourth-order valence-electron chi connectivity index (χ4n) is 2.07. The summed E-state index contributed by atoms with van der Waals surface area (Å²) in [4.78, 5) is 14.1. The van der Waals surface area contributed by atoms with Gasteiger partial charge in [-0.1, -0.05) is 6.07 Å². The van der Waals surface area contributed by atoms with Crippen LogP contribution in [0, 0.1) is 0 Å². The van der Waals surface area contributed by atoms with Crippen LogP contribution in [0.1, 0.15) is 36.1 Å². The summed E-state index contributed by atoms with van der Waals surface area (Å²) in [6.07, 6.45) is 1.68. The summed E-state index contributed by atoms with van der Waals surface area (Å²) < 4.78 is 7.10. The number of ether oxygens (including phenoxy) is 1. The van der Waals surface area contributed by atoms with Crippen LogP contribution in [-0.2, 0) is 6.54 Å². The van der Waals surface area contributed by atoms with Gasteiger partial charge in [0, 0.05) is 18.7 Å². The molecular formula is C15H20N4O2. The molecule has 0 radical (unpaired) electrons. The van der Waals surface area contributed by atoms with E-state index in [1.165, 1.54) is 0 Å². The molecule has 0 bridgehead atoms. The molecule has 112 valence electrons. The normalized spacial score (nSPS) is 10.7. The Balaban J connectivity index is 2.13. The van der Waals surface area contributed by atoms with Crippen LogP contribution in [0.25, 0.3) is 0 Å². The summed E-state index contributed by atoms with van der Waals surface area (Å²) in [7, 11) is 3.33. The van der Waals surface area contributed by atoms with Crippen molar-refractivity contribution in [3.8, 4) is 5.75 Å². The van der Waals surface area contributed by atoms with Crippen LogP contribution < -0.4 is 4.74 Å². The van der Waals surface area contributed by atoms with Gasteiger partial charge in [0.25, 0.3) is 5.91 Å². The van der Waals surface area contributed by atoms with E-state index in [0.29, 0.717) is 17.9 Å². The molecule has 0 unspecified atom stereocenters. The first-order valence-corrected chi connectivity index (χ1v) is 6.80. The first-order valence-electron chi connectivity index (χ1n) is 6.80. The molecule has 21 heavy (non-hydrogen) atoms. The number of benzene rings is 1. The van der Waals surface area contributed by atoms with Crippen LogP contribution in [0.4, 0.5) is 0 Å². The third-order valence-corrected chi connectivity index (χ3v) is 3.25. The molecule has 0 saturated carbocycles. The summed E-state index contributed by atoms with van der Waals surface area (Å²) in [6, 6.07) is 7.37. The van der Waals surface area contributed by atoms with Gasteiger partial charge < -0.3 is 14.2 Å². The second kappa shape index (κ2) is 6.39. The van der Waals surface area contributed by atoms with Gasteiger partial charge in [0.2, 0.25) is 0 Å². The smallest absolute Gasteiger partial charge is 0.254 e. The number of carbonyl (C=O) groups excluding carboxylic acids is 1. The topological polar surface area (TPSA) is 60.2 Å². The molecule has 2 aromatic rings. The Labute approximate surface area is 124 Å². The summed E-state index contributed by atoms with van der Waals surface area (Å²) in [5.41, 5.74) is 0.590. The van der Waals surface area contributed by atoms with E-state index in [1.807, 2.05) is 10.6 Å². The van der Waals surface area contributed by atoms with Gasteiger partial charge in [0.15, 0.2) is 5.82 Å². The molecular weight excluding hydrogens is 268 g/mol. The van der Waals surface area contributed by atoms with E-state index in [0.717, 1.165) is 5.82 Å². The van der Waals surface area contributed by atoms with Crippen molar-refractivity contribution in [1.29, 1.82) is 0 Å². The number of methoxy groups -OCH3 is 1. The fourth-order valence-corrected chi connectivity index (χ4v) is 2.07. The van der Waals surface area contributed by atoms with Gasteiger partial charge in [0.05, 0.1) is 13.7 Å². The van der Waals surface area contributed by atoms with Crippen LogP contribution >= 0.6 is 0 Å². The quantitative estimate of drug-likeness (QED) is 0.845. The minimum atomic E-state index is -0.0767. The van der Waals surface area contributed by atoms with Crippen LogP contribution in [0.3, 0.4) is 0 Å². The fraction of sp³-hybridized carbons (Fsp3) is 0.400. The zero-order valence-electron chi connectivity index (χ0n) is 12.8. The Kier molecular flexibility index (Phi) is 4.57. The van der Waals surface area contributed by atoms with E-state index in [1.54, 1.807) is 43.6 Å². The summed E-state index contributed by atoms with van der Waals surface area (Å²) in [6.45, 7) is 4.52. The second-order valence-electron chi connectivity index (χ2n) is 5.14. The van der Waals surface area contributed by atoms with Gasteiger partial charge in [-0.15, -0.1) is 10.2 Å². The second-order valence-corrected chi connectivity index (χ2v) is 5.14. The number of nitrogens with zero attached hydrogens (tertiary/aromatic N) is 4. The lowest BCUT2D eigenvalue weighted by Crippen LogP contribution is -2.28. The highest BCUT2D eigenvalue weighted by molar-refractivity contribution is 5.94. The molecule has 6 heteroatoms. The maximum atomic E-state index is 12.4. The van der Waals surface area contributed by atoms with Gasteiger partial charge in [0.1, 0.15) is 12.1 Å². The molecule has 0 atom stereocenters. The molecule has 0 saturated heterocycles.